The molecule has 1 atom stereocenters. The Hall–Kier alpha value is -0.980. The zero-order valence-corrected chi connectivity index (χ0v) is 10.8. The third kappa shape index (κ3) is 4.69. The third-order valence-electron chi connectivity index (χ3n) is 2.13. The predicted octanol–water partition coefficient (Wildman–Crippen LogP) is 3.19. The zero-order chi connectivity index (χ0) is 12.0. The fraction of sp³-hybridized carbons (Fsp3) is 0.462. The second kappa shape index (κ2) is 6.57. The smallest absolute Gasteiger partial charge is 0.0935 e. The van der Waals surface area contributed by atoms with Crippen molar-refractivity contribution in [2.75, 3.05) is 0 Å². The number of nitrogens with zero attached hydrogens (tertiary/aromatic N) is 1. The highest BCUT2D eigenvalue weighted by Crippen LogP contribution is 2.22. The Kier molecular flexibility index (Phi) is 5.37. The van der Waals surface area contributed by atoms with Crippen molar-refractivity contribution in [3.63, 3.8) is 0 Å². The first-order chi connectivity index (χ1) is 7.61. The molecule has 1 unspecified atom stereocenters. The number of rotatable bonds is 5. The average Bonchev–Trinajstić information content (AvgIpc) is 2.28. The number of nitrogens with one attached hydrogen (secondary N) is 1. The van der Waals surface area contributed by atoms with E-state index in [4.69, 9.17) is 5.26 Å². The topological polar surface area (TPSA) is 35.8 Å². The maximum atomic E-state index is 8.72. The molecule has 0 fully saturated rings. The summed E-state index contributed by atoms with van der Waals surface area (Å²) in [5.41, 5.74) is 1.28. The molecule has 16 heavy (non-hydrogen) atoms. The monoisotopic (exact) mass is 234 g/mol. The van der Waals surface area contributed by atoms with Gasteiger partial charge in [0.1, 0.15) is 0 Å². The van der Waals surface area contributed by atoms with Gasteiger partial charge in [-0.3, -0.25) is 0 Å². The molecule has 1 aromatic rings. The molecule has 0 heterocycles. The summed E-state index contributed by atoms with van der Waals surface area (Å²) in [5, 5.41) is 12.1. The first kappa shape index (κ1) is 13.1. The largest absolute Gasteiger partial charge is 0.310 e. The molecular weight excluding hydrogens is 216 g/mol. The van der Waals surface area contributed by atoms with E-state index in [0.29, 0.717) is 6.04 Å². The number of hydrogen-bond acceptors (Lipinski definition) is 3. The molecule has 0 aromatic heterocycles. The van der Waals surface area contributed by atoms with Gasteiger partial charge in [-0.2, -0.15) is 5.26 Å². The molecule has 2 nitrogen and oxygen atoms in total. The Morgan fingerprint density at radius 3 is 2.38 bits per heavy atom. The Morgan fingerprint density at radius 1 is 1.25 bits per heavy atom. The van der Waals surface area contributed by atoms with Crippen LogP contribution < -0.4 is 5.32 Å². The lowest BCUT2D eigenvalue weighted by molar-refractivity contribution is 0.588. The minimum absolute atomic E-state index is 0.0136. The first-order valence-electron chi connectivity index (χ1n) is 5.50. The second-order valence-electron chi connectivity index (χ2n) is 4.07. The standard InChI is InChI=1S/C13H18N2S/c1-10(2)15-9-12-4-6-13(7-5-12)16-11(3)8-14/h4-7,10-11,15H,9H2,1-3H3. The minimum Gasteiger partial charge on any atom is -0.310 e. The summed E-state index contributed by atoms with van der Waals surface area (Å²) in [7, 11) is 0. The van der Waals surface area contributed by atoms with Crippen LogP contribution in [-0.4, -0.2) is 11.3 Å². The summed E-state index contributed by atoms with van der Waals surface area (Å²) < 4.78 is 0. The highest BCUT2D eigenvalue weighted by Gasteiger charge is 2.02. The molecule has 0 saturated carbocycles. The SMILES string of the molecule is CC(C)NCc1ccc(SC(C)C#N)cc1. The average molecular weight is 234 g/mol. The highest BCUT2D eigenvalue weighted by molar-refractivity contribution is 8.00. The Morgan fingerprint density at radius 2 is 1.88 bits per heavy atom. The van der Waals surface area contributed by atoms with Gasteiger partial charge in [-0.05, 0) is 24.6 Å². The molecule has 0 radical (unpaired) electrons. The van der Waals surface area contributed by atoms with E-state index < -0.39 is 0 Å². The van der Waals surface area contributed by atoms with Crippen molar-refractivity contribution in [1.82, 2.24) is 5.32 Å². The molecule has 0 aliphatic heterocycles. The lowest BCUT2D eigenvalue weighted by atomic mass is 10.2. The summed E-state index contributed by atoms with van der Waals surface area (Å²) in [6, 6.07) is 11.1. The Bertz CT molecular complexity index is 351. The van der Waals surface area contributed by atoms with Crippen molar-refractivity contribution < 1.29 is 0 Å². The Balaban J connectivity index is 2.51. The molecule has 86 valence electrons. The van der Waals surface area contributed by atoms with E-state index in [1.165, 1.54) is 5.56 Å². The predicted molar refractivity (Wildman–Crippen MR) is 69.3 cm³/mol. The van der Waals surface area contributed by atoms with E-state index in [0.717, 1.165) is 11.4 Å². The molecule has 0 spiro atoms. The summed E-state index contributed by atoms with van der Waals surface area (Å²) in [5.74, 6) is 0. The molecule has 0 aliphatic carbocycles. The van der Waals surface area contributed by atoms with Crippen LogP contribution in [-0.2, 0) is 6.54 Å². The molecule has 0 bridgehead atoms. The molecular formula is C13H18N2S. The molecule has 0 amide bonds. The molecule has 1 rings (SSSR count). The molecule has 1 aromatic carbocycles. The van der Waals surface area contributed by atoms with Crippen LogP contribution in [0, 0.1) is 11.3 Å². The number of nitriles is 1. The lowest BCUT2D eigenvalue weighted by Crippen LogP contribution is -2.21. The van der Waals surface area contributed by atoms with Gasteiger partial charge in [0.2, 0.25) is 0 Å². The van der Waals surface area contributed by atoms with Gasteiger partial charge in [0.05, 0.1) is 11.3 Å². The van der Waals surface area contributed by atoms with Gasteiger partial charge >= 0.3 is 0 Å². The van der Waals surface area contributed by atoms with Gasteiger partial charge in [0.25, 0.3) is 0 Å². The van der Waals surface area contributed by atoms with Crippen LogP contribution in [0.3, 0.4) is 0 Å². The van der Waals surface area contributed by atoms with Crippen LogP contribution in [0.15, 0.2) is 29.2 Å². The fourth-order valence-electron chi connectivity index (χ4n) is 1.24. The zero-order valence-electron chi connectivity index (χ0n) is 10.0. The quantitative estimate of drug-likeness (QED) is 0.795. The second-order valence-corrected chi connectivity index (χ2v) is 5.48. The van der Waals surface area contributed by atoms with Crippen molar-refractivity contribution in [3.8, 4) is 6.07 Å². The highest BCUT2D eigenvalue weighted by atomic mass is 32.2. The Labute approximate surface area is 102 Å². The van der Waals surface area contributed by atoms with Crippen molar-refractivity contribution in [1.29, 1.82) is 5.26 Å². The maximum Gasteiger partial charge on any atom is 0.0935 e. The number of benzene rings is 1. The van der Waals surface area contributed by atoms with Crippen molar-refractivity contribution in [2.45, 2.75) is 43.5 Å². The van der Waals surface area contributed by atoms with Gasteiger partial charge in [-0.15, -0.1) is 11.8 Å². The molecule has 3 heteroatoms. The van der Waals surface area contributed by atoms with Crippen LogP contribution in [0.4, 0.5) is 0 Å². The van der Waals surface area contributed by atoms with Gasteiger partial charge < -0.3 is 5.32 Å². The van der Waals surface area contributed by atoms with Gasteiger partial charge in [0, 0.05) is 17.5 Å². The third-order valence-corrected chi connectivity index (χ3v) is 3.14. The van der Waals surface area contributed by atoms with E-state index >= 15 is 0 Å². The first-order valence-corrected chi connectivity index (χ1v) is 6.38. The number of thioether (sulfide) groups is 1. The lowest BCUT2D eigenvalue weighted by Gasteiger charge is -2.09. The van der Waals surface area contributed by atoms with E-state index in [-0.39, 0.29) is 5.25 Å². The fourth-order valence-corrected chi connectivity index (χ4v) is 1.99. The molecule has 0 aliphatic rings. The van der Waals surface area contributed by atoms with Crippen LogP contribution >= 0.6 is 11.8 Å². The summed E-state index contributed by atoms with van der Waals surface area (Å²) in [6.45, 7) is 7.09. The van der Waals surface area contributed by atoms with Gasteiger partial charge in [0.15, 0.2) is 0 Å². The van der Waals surface area contributed by atoms with E-state index in [1.807, 2.05) is 6.92 Å². The van der Waals surface area contributed by atoms with E-state index in [9.17, 15) is 0 Å². The molecule has 1 N–H and O–H groups in total. The van der Waals surface area contributed by atoms with Crippen LogP contribution in [0.2, 0.25) is 0 Å². The van der Waals surface area contributed by atoms with Crippen LogP contribution in [0.25, 0.3) is 0 Å². The van der Waals surface area contributed by atoms with Crippen molar-refractivity contribution in [2.24, 2.45) is 0 Å². The summed E-state index contributed by atoms with van der Waals surface area (Å²) >= 11 is 1.60. The van der Waals surface area contributed by atoms with Crippen molar-refractivity contribution >= 4 is 11.8 Å². The van der Waals surface area contributed by atoms with Crippen LogP contribution in [0.1, 0.15) is 26.3 Å². The normalized spacial score (nSPS) is 12.4. The van der Waals surface area contributed by atoms with Crippen LogP contribution in [0.5, 0.6) is 0 Å². The summed E-state index contributed by atoms with van der Waals surface area (Å²) in [4.78, 5) is 1.15. The van der Waals surface area contributed by atoms with E-state index in [1.54, 1.807) is 11.8 Å². The summed E-state index contributed by atoms with van der Waals surface area (Å²) in [6.07, 6.45) is 0. The maximum absolute atomic E-state index is 8.72. The van der Waals surface area contributed by atoms with Gasteiger partial charge in [-0.25, -0.2) is 0 Å². The number of hydrogen-bond donors (Lipinski definition) is 1. The minimum atomic E-state index is 0.0136. The van der Waals surface area contributed by atoms with E-state index in [2.05, 4.69) is 49.5 Å². The molecule has 0 saturated heterocycles. The van der Waals surface area contributed by atoms with Gasteiger partial charge in [-0.1, -0.05) is 26.0 Å². The van der Waals surface area contributed by atoms with Crippen molar-refractivity contribution in [3.05, 3.63) is 29.8 Å².